The Morgan fingerprint density at radius 3 is 2.61 bits per heavy atom. The predicted octanol–water partition coefficient (Wildman–Crippen LogP) is 4.91. The van der Waals surface area contributed by atoms with Crippen LogP contribution < -0.4 is 4.74 Å². The van der Waals surface area contributed by atoms with E-state index in [1.54, 1.807) is 6.08 Å². The molecule has 31 heavy (non-hydrogen) atoms. The second-order valence-corrected chi connectivity index (χ2v) is 9.22. The Morgan fingerprint density at radius 2 is 1.90 bits per heavy atom. The summed E-state index contributed by atoms with van der Waals surface area (Å²) >= 11 is 0. The lowest BCUT2D eigenvalue weighted by Crippen LogP contribution is -2.25. The van der Waals surface area contributed by atoms with Crippen molar-refractivity contribution >= 4 is 16.9 Å². The summed E-state index contributed by atoms with van der Waals surface area (Å²) in [7, 11) is 0. The summed E-state index contributed by atoms with van der Waals surface area (Å²) in [6.07, 6.45) is 2.27. The van der Waals surface area contributed by atoms with Crippen molar-refractivity contribution in [2.45, 2.75) is 45.1 Å². The number of likely N-dealkylation sites (tertiary alicyclic amines) is 1. The van der Waals surface area contributed by atoms with Crippen LogP contribution in [0.15, 0.2) is 61.2 Å². The Bertz CT molecular complexity index is 1080. The third-order valence-electron chi connectivity index (χ3n) is 5.92. The van der Waals surface area contributed by atoms with Crippen LogP contribution in [0.3, 0.4) is 0 Å². The van der Waals surface area contributed by atoms with E-state index in [1.165, 1.54) is 5.56 Å². The van der Waals surface area contributed by atoms with Crippen LogP contribution in [-0.2, 0) is 16.8 Å². The molecule has 2 heterocycles. The number of fused-ring (bicyclic) bond motifs is 1. The number of ether oxygens (including phenoxy) is 1. The van der Waals surface area contributed by atoms with Gasteiger partial charge in [0.1, 0.15) is 18.2 Å². The normalized spacial score (nSPS) is 16.8. The Balaban J connectivity index is 1.51. The van der Waals surface area contributed by atoms with E-state index in [2.05, 4.69) is 50.1 Å². The second kappa shape index (κ2) is 8.58. The molecule has 0 N–H and O–H groups in total. The second-order valence-electron chi connectivity index (χ2n) is 9.22. The molecule has 0 radical (unpaired) electrons. The zero-order chi connectivity index (χ0) is 22.0. The maximum atomic E-state index is 12.4. The van der Waals surface area contributed by atoms with Crippen molar-refractivity contribution in [1.29, 1.82) is 0 Å². The number of benzene rings is 2. The Kier molecular flexibility index (Phi) is 5.86. The van der Waals surface area contributed by atoms with Crippen LogP contribution in [0.5, 0.6) is 5.75 Å². The molecule has 0 spiro atoms. The molecule has 0 unspecified atom stereocenters. The fourth-order valence-electron chi connectivity index (χ4n) is 4.22. The minimum atomic E-state index is 0.0888. The predicted molar refractivity (Wildman–Crippen MR) is 125 cm³/mol. The Morgan fingerprint density at radius 1 is 1.16 bits per heavy atom. The number of rotatable bonds is 7. The smallest absolute Gasteiger partial charge is 0.223 e. The number of aromatic nitrogens is 2. The van der Waals surface area contributed by atoms with Gasteiger partial charge < -0.3 is 14.2 Å². The fourth-order valence-corrected chi connectivity index (χ4v) is 4.22. The lowest BCUT2D eigenvalue weighted by Gasteiger charge is -2.19. The molecule has 1 fully saturated rings. The zero-order valence-corrected chi connectivity index (χ0v) is 18.7. The molecule has 4 rings (SSSR count). The Labute approximate surface area is 184 Å². The number of nitrogens with zero attached hydrogens (tertiary/aromatic N) is 3. The molecule has 1 aliphatic heterocycles. The average molecular weight is 418 g/mol. The molecule has 162 valence electrons. The van der Waals surface area contributed by atoms with Crippen LogP contribution in [-0.4, -0.2) is 40.1 Å². The standard InChI is InChI=1S/C26H31N3O2/c1-5-14-28-18-19(17-24(28)30)25-27-22-8-6-7-9-23(22)29(25)15-16-31-21-12-10-20(11-13-21)26(2,3)4/h5-13,19H,1,14-18H2,2-4H3/t19-/m1/s1. The molecule has 2 aromatic carbocycles. The summed E-state index contributed by atoms with van der Waals surface area (Å²) in [5.74, 6) is 2.09. The highest BCUT2D eigenvalue weighted by atomic mass is 16.5. The van der Waals surface area contributed by atoms with Crippen LogP contribution in [0.4, 0.5) is 0 Å². The highest BCUT2D eigenvalue weighted by Crippen LogP contribution is 2.30. The monoisotopic (exact) mass is 417 g/mol. The van der Waals surface area contributed by atoms with E-state index in [4.69, 9.17) is 9.72 Å². The molecule has 1 aromatic heterocycles. The molecular weight excluding hydrogens is 386 g/mol. The number of hydrogen-bond acceptors (Lipinski definition) is 3. The molecule has 5 nitrogen and oxygen atoms in total. The minimum Gasteiger partial charge on any atom is -0.492 e. The average Bonchev–Trinajstić information content (AvgIpc) is 3.29. The van der Waals surface area contributed by atoms with Gasteiger partial charge >= 0.3 is 0 Å². The van der Waals surface area contributed by atoms with E-state index >= 15 is 0 Å². The van der Waals surface area contributed by atoms with Crippen LogP contribution in [0.2, 0.25) is 0 Å². The number of para-hydroxylation sites is 2. The van der Waals surface area contributed by atoms with Crippen LogP contribution >= 0.6 is 0 Å². The molecule has 3 aromatic rings. The van der Waals surface area contributed by atoms with E-state index in [0.29, 0.717) is 32.7 Å². The number of carbonyl (C=O) groups excluding carboxylic acids is 1. The fraction of sp³-hybridized carbons (Fsp3) is 0.385. The van der Waals surface area contributed by atoms with E-state index in [1.807, 2.05) is 35.2 Å². The number of hydrogen-bond donors (Lipinski definition) is 0. The molecule has 5 heteroatoms. The van der Waals surface area contributed by atoms with Crippen molar-refractivity contribution < 1.29 is 9.53 Å². The molecule has 1 atom stereocenters. The van der Waals surface area contributed by atoms with E-state index in [0.717, 1.165) is 22.6 Å². The first kappa shape index (κ1) is 21.2. The van der Waals surface area contributed by atoms with Gasteiger partial charge in [-0.25, -0.2) is 4.98 Å². The first-order chi connectivity index (χ1) is 14.9. The van der Waals surface area contributed by atoms with Crippen molar-refractivity contribution in [1.82, 2.24) is 14.5 Å². The van der Waals surface area contributed by atoms with E-state index < -0.39 is 0 Å². The highest BCUT2D eigenvalue weighted by molar-refractivity contribution is 5.81. The van der Waals surface area contributed by atoms with Crippen molar-refractivity contribution in [3.8, 4) is 5.75 Å². The van der Waals surface area contributed by atoms with Crippen molar-refractivity contribution in [2.75, 3.05) is 19.7 Å². The molecule has 0 bridgehead atoms. The van der Waals surface area contributed by atoms with Crippen LogP contribution in [0.1, 0.15) is 44.5 Å². The summed E-state index contributed by atoms with van der Waals surface area (Å²) in [6, 6.07) is 16.5. The van der Waals surface area contributed by atoms with Crippen molar-refractivity contribution in [3.05, 3.63) is 72.6 Å². The highest BCUT2D eigenvalue weighted by Gasteiger charge is 2.33. The molecule has 0 saturated carbocycles. The maximum Gasteiger partial charge on any atom is 0.223 e. The van der Waals surface area contributed by atoms with E-state index in [-0.39, 0.29) is 17.2 Å². The van der Waals surface area contributed by atoms with Gasteiger partial charge in [-0.05, 0) is 35.2 Å². The first-order valence-electron chi connectivity index (χ1n) is 10.9. The first-order valence-corrected chi connectivity index (χ1v) is 10.9. The lowest BCUT2D eigenvalue weighted by atomic mass is 9.87. The lowest BCUT2D eigenvalue weighted by molar-refractivity contribution is -0.127. The third-order valence-corrected chi connectivity index (χ3v) is 5.92. The summed E-state index contributed by atoms with van der Waals surface area (Å²) in [4.78, 5) is 19.1. The van der Waals surface area contributed by atoms with Crippen LogP contribution in [0, 0.1) is 0 Å². The van der Waals surface area contributed by atoms with Gasteiger partial charge in [0, 0.05) is 25.4 Å². The Hall–Kier alpha value is -3.08. The molecule has 1 aliphatic rings. The maximum absolute atomic E-state index is 12.4. The SMILES string of the molecule is C=CCN1C[C@H](c2nc3ccccc3n2CCOc2ccc(C(C)(C)C)cc2)CC1=O. The summed E-state index contributed by atoms with van der Waals surface area (Å²) in [5, 5.41) is 0. The molecular formula is C26H31N3O2. The topological polar surface area (TPSA) is 47.4 Å². The number of carbonyl (C=O) groups is 1. The molecule has 0 aliphatic carbocycles. The van der Waals surface area contributed by atoms with Gasteiger partial charge in [0.25, 0.3) is 0 Å². The van der Waals surface area contributed by atoms with Gasteiger partial charge in [0.2, 0.25) is 5.91 Å². The number of imidazole rings is 1. The molecule has 1 saturated heterocycles. The van der Waals surface area contributed by atoms with Crippen molar-refractivity contribution in [2.24, 2.45) is 0 Å². The summed E-state index contributed by atoms with van der Waals surface area (Å²) in [6.45, 7) is 12.9. The zero-order valence-electron chi connectivity index (χ0n) is 18.7. The number of amides is 1. The largest absolute Gasteiger partial charge is 0.492 e. The summed E-state index contributed by atoms with van der Waals surface area (Å²) < 4.78 is 8.27. The van der Waals surface area contributed by atoms with Gasteiger partial charge in [-0.3, -0.25) is 4.79 Å². The minimum absolute atomic E-state index is 0.0888. The van der Waals surface area contributed by atoms with Gasteiger partial charge in [-0.15, -0.1) is 6.58 Å². The van der Waals surface area contributed by atoms with Gasteiger partial charge in [0.15, 0.2) is 0 Å². The van der Waals surface area contributed by atoms with Gasteiger partial charge in [0.05, 0.1) is 17.6 Å². The van der Waals surface area contributed by atoms with E-state index in [9.17, 15) is 4.79 Å². The van der Waals surface area contributed by atoms with Crippen LogP contribution in [0.25, 0.3) is 11.0 Å². The quantitative estimate of drug-likeness (QED) is 0.513. The third kappa shape index (κ3) is 4.50. The van der Waals surface area contributed by atoms with Crippen molar-refractivity contribution in [3.63, 3.8) is 0 Å². The van der Waals surface area contributed by atoms with Gasteiger partial charge in [-0.1, -0.05) is 51.1 Å². The molecule has 1 amide bonds. The summed E-state index contributed by atoms with van der Waals surface area (Å²) in [5.41, 5.74) is 3.46. The van der Waals surface area contributed by atoms with Gasteiger partial charge in [-0.2, -0.15) is 0 Å².